The molecule has 0 bridgehead atoms. The van der Waals surface area contributed by atoms with Gasteiger partial charge in [-0.05, 0) is 38.5 Å². The van der Waals surface area contributed by atoms with Crippen molar-refractivity contribution in [2.75, 3.05) is 0 Å². The van der Waals surface area contributed by atoms with Gasteiger partial charge in [0.05, 0.1) is 10.7 Å². The van der Waals surface area contributed by atoms with Gasteiger partial charge in [0.15, 0.2) is 0 Å². The lowest BCUT2D eigenvalue weighted by atomic mass is 9.92. The fourth-order valence-corrected chi connectivity index (χ4v) is 4.27. The number of hydrogen-bond acceptors (Lipinski definition) is 3. The Balaban J connectivity index is 2.06. The normalized spacial score (nSPS) is 24.1. The number of rotatable bonds is 3. The quantitative estimate of drug-likeness (QED) is 0.850. The molecule has 0 radical (unpaired) electrons. The van der Waals surface area contributed by atoms with Crippen molar-refractivity contribution in [2.24, 2.45) is 5.41 Å². The summed E-state index contributed by atoms with van der Waals surface area (Å²) in [6.45, 7) is 15.9. The molecule has 2 rings (SSSR count). The molecule has 1 aromatic rings. The number of nitrogens with one attached hydrogen (secondary N) is 1. The Bertz CT molecular complexity index is 468. The Hall–Kier alpha value is -0.410. The van der Waals surface area contributed by atoms with Crippen molar-refractivity contribution >= 4 is 11.3 Å². The second-order valence-corrected chi connectivity index (χ2v) is 9.24. The van der Waals surface area contributed by atoms with Crippen molar-refractivity contribution in [1.82, 2.24) is 10.3 Å². The van der Waals surface area contributed by atoms with Gasteiger partial charge in [-0.3, -0.25) is 0 Å². The van der Waals surface area contributed by atoms with Crippen LogP contribution >= 0.6 is 11.3 Å². The Morgan fingerprint density at radius 1 is 1.35 bits per heavy atom. The van der Waals surface area contributed by atoms with E-state index in [4.69, 9.17) is 4.98 Å². The van der Waals surface area contributed by atoms with E-state index in [1.807, 2.05) is 11.3 Å². The van der Waals surface area contributed by atoms with Crippen LogP contribution in [0.25, 0.3) is 0 Å². The van der Waals surface area contributed by atoms with Gasteiger partial charge in [-0.2, -0.15) is 0 Å². The summed E-state index contributed by atoms with van der Waals surface area (Å²) >= 11 is 1.88. The summed E-state index contributed by atoms with van der Waals surface area (Å²) in [6.07, 6.45) is 3.94. The molecule has 0 spiro atoms. The Kier molecular flexibility index (Phi) is 4.32. The van der Waals surface area contributed by atoms with E-state index in [1.54, 1.807) is 0 Å². The number of thiazole rings is 1. The highest BCUT2D eigenvalue weighted by atomic mass is 32.1. The zero-order valence-electron chi connectivity index (χ0n) is 14.1. The van der Waals surface area contributed by atoms with Gasteiger partial charge in [-0.1, -0.05) is 34.6 Å². The molecule has 1 heterocycles. The molecule has 1 N–H and O–H groups in total. The molecule has 2 unspecified atom stereocenters. The summed E-state index contributed by atoms with van der Waals surface area (Å²) in [5.74, 6) is 0. The third-order valence-electron chi connectivity index (χ3n) is 4.32. The molecular formula is C17H30N2S. The van der Waals surface area contributed by atoms with Gasteiger partial charge >= 0.3 is 0 Å². The van der Waals surface area contributed by atoms with Crippen LogP contribution in [0, 0.1) is 12.3 Å². The van der Waals surface area contributed by atoms with E-state index in [-0.39, 0.29) is 5.41 Å². The predicted octanol–water partition coefficient (Wildman–Crippen LogP) is 4.98. The van der Waals surface area contributed by atoms with Crippen molar-refractivity contribution < 1.29 is 0 Å². The predicted molar refractivity (Wildman–Crippen MR) is 88.5 cm³/mol. The van der Waals surface area contributed by atoms with Gasteiger partial charge in [0.25, 0.3) is 0 Å². The molecule has 2 nitrogen and oxygen atoms in total. The first-order valence-electron chi connectivity index (χ1n) is 7.82. The van der Waals surface area contributed by atoms with E-state index in [1.165, 1.54) is 34.8 Å². The van der Waals surface area contributed by atoms with E-state index in [0.717, 1.165) is 0 Å². The first-order valence-corrected chi connectivity index (χ1v) is 8.64. The molecule has 20 heavy (non-hydrogen) atoms. The van der Waals surface area contributed by atoms with Crippen LogP contribution in [0.5, 0.6) is 0 Å². The molecule has 0 amide bonds. The van der Waals surface area contributed by atoms with Crippen molar-refractivity contribution in [3.63, 3.8) is 0 Å². The van der Waals surface area contributed by atoms with Crippen LogP contribution in [0.1, 0.15) is 82.4 Å². The minimum atomic E-state index is 0.156. The summed E-state index contributed by atoms with van der Waals surface area (Å²) in [4.78, 5) is 6.20. The van der Waals surface area contributed by atoms with Gasteiger partial charge in [-0.15, -0.1) is 11.3 Å². The SMILES string of the molecule is Cc1nc(C(C)(C)C)sc1C(C)NC1CCC(C)(C)C1. The average Bonchev–Trinajstić information content (AvgIpc) is 2.81. The summed E-state index contributed by atoms with van der Waals surface area (Å²) < 4.78 is 0. The molecule has 1 aliphatic rings. The minimum Gasteiger partial charge on any atom is -0.307 e. The lowest BCUT2D eigenvalue weighted by Gasteiger charge is -2.21. The molecule has 3 heteroatoms. The maximum absolute atomic E-state index is 4.78. The van der Waals surface area contributed by atoms with Crippen LogP contribution in [-0.2, 0) is 5.41 Å². The van der Waals surface area contributed by atoms with Crippen LogP contribution in [0.4, 0.5) is 0 Å². The summed E-state index contributed by atoms with van der Waals surface area (Å²) in [7, 11) is 0. The Labute approximate surface area is 128 Å². The second kappa shape index (κ2) is 5.42. The molecule has 114 valence electrons. The van der Waals surface area contributed by atoms with Crippen LogP contribution in [0.2, 0.25) is 0 Å². The van der Waals surface area contributed by atoms with E-state index in [9.17, 15) is 0 Å². The number of hydrogen-bond donors (Lipinski definition) is 1. The first-order chi connectivity index (χ1) is 9.08. The molecular weight excluding hydrogens is 264 g/mol. The molecule has 1 aliphatic carbocycles. The standard InChI is InChI=1S/C17H30N2S/c1-11(18-13-8-9-17(6,7)10-13)14-12(2)19-15(20-14)16(3,4)5/h11,13,18H,8-10H2,1-7H3. The largest absolute Gasteiger partial charge is 0.307 e. The molecule has 2 atom stereocenters. The number of aryl methyl sites for hydroxylation is 1. The fourth-order valence-electron chi connectivity index (χ4n) is 3.14. The Morgan fingerprint density at radius 3 is 2.45 bits per heavy atom. The van der Waals surface area contributed by atoms with Gasteiger partial charge < -0.3 is 5.32 Å². The zero-order chi connectivity index (χ0) is 15.1. The third-order valence-corrected chi connectivity index (χ3v) is 6.09. The van der Waals surface area contributed by atoms with Crippen LogP contribution < -0.4 is 5.32 Å². The molecule has 1 aromatic heterocycles. The highest BCUT2D eigenvalue weighted by Gasteiger charge is 2.32. The first kappa shape index (κ1) is 16.0. The summed E-state index contributed by atoms with van der Waals surface area (Å²) in [5, 5.41) is 5.08. The van der Waals surface area contributed by atoms with Crippen molar-refractivity contribution in [3.05, 3.63) is 15.6 Å². The van der Waals surface area contributed by atoms with Gasteiger partial charge in [0.1, 0.15) is 0 Å². The summed E-state index contributed by atoms with van der Waals surface area (Å²) in [5.41, 5.74) is 1.87. The average molecular weight is 295 g/mol. The minimum absolute atomic E-state index is 0.156. The molecule has 1 fully saturated rings. The monoisotopic (exact) mass is 294 g/mol. The molecule has 0 saturated heterocycles. The molecule has 0 aliphatic heterocycles. The van der Waals surface area contributed by atoms with Crippen molar-refractivity contribution in [2.45, 2.75) is 85.2 Å². The topological polar surface area (TPSA) is 24.9 Å². The van der Waals surface area contributed by atoms with Crippen molar-refractivity contribution in [3.8, 4) is 0 Å². The highest BCUT2D eigenvalue weighted by molar-refractivity contribution is 7.12. The highest BCUT2D eigenvalue weighted by Crippen LogP contribution is 2.39. The maximum atomic E-state index is 4.78. The smallest absolute Gasteiger partial charge is 0.0985 e. The van der Waals surface area contributed by atoms with E-state index in [2.05, 4.69) is 53.8 Å². The lowest BCUT2D eigenvalue weighted by molar-refractivity contribution is 0.356. The van der Waals surface area contributed by atoms with Gasteiger partial charge in [-0.25, -0.2) is 4.98 Å². The van der Waals surface area contributed by atoms with E-state index < -0.39 is 0 Å². The van der Waals surface area contributed by atoms with Crippen LogP contribution in [0.3, 0.4) is 0 Å². The van der Waals surface area contributed by atoms with E-state index in [0.29, 0.717) is 17.5 Å². The zero-order valence-corrected chi connectivity index (χ0v) is 14.9. The molecule has 0 aromatic carbocycles. The van der Waals surface area contributed by atoms with Gasteiger partial charge in [0, 0.05) is 22.4 Å². The van der Waals surface area contributed by atoms with Crippen LogP contribution in [-0.4, -0.2) is 11.0 Å². The number of aromatic nitrogens is 1. The number of nitrogens with zero attached hydrogens (tertiary/aromatic N) is 1. The van der Waals surface area contributed by atoms with E-state index >= 15 is 0 Å². The lowest BCUT2D eigenvalue weighted by Crippen LogP contribution is -2.30. The molecule has 1 saturated carbocycles. The van der Waals surface area contributed by atoms with Gasteiger partial charge in [0.2, 0.25) is 0 Å². The fraction of sp³-hybridized carbons (Fsp3) is 0.824. The Morgan fingerprint density at radius 2 is 2.00 bits per heavy atom. The van der Waals surface area contributed by atoms with Crippen LogP contribution in [0.15, 0.2) is 0 Å². The third kappa shape index (κ3) is 3.62. The van der Waals surface area contributed by atoms with Crippen molar-refractivity contribution in [1.29, 1.82) is 0 Å². The maximum Gasteiger partial charge on any atom is 0.0985 e. The summed E-state index contributed by atoms with van der Waals surface area (Å²) in [6, 6.07) is 1.09. The second-order valence-electron chi connectivity index (χ2n) is 8.21.